The Balaban J connectivity index is 1.57. The van der Waals surface area contributed by atoms with E-state index in [9.17, 15) is 0 Å². The van der Waals surface area contributed by atoms with Crippen molar-refractivity contribution in [1.82, 2.24) is 14.5 Å². The van der Waals surface area contributed by atoms with Crippen LogP contribution in [0.4, 0.5) is 0 Å². The summed E-state index contributed by atoms with van der Waals surface area (Å²) in [6, 6.07) is 22.6. The van der Waals surface area contributed by atoms with Gasteiger partial charge in [0.2, 0.25) is 0 Å². The second-order valence-electron chi connectivity index (χ2n) is 6.66. The van der Waals surface area contributed by atoms with Crippen LogP contribution in [0.3, 0.4) is 0 Å². The second-order valence-corrected chi connectivity index (χ2v) is 6.66. The summed E-state index contributed by atoms with van der Waals surface area (Å²) in [6.45, 7) is 2.63. The zero-order chi connectivity index (χ0) is 19.6. The van der Waals surface area contributed by atoms with Crippen molar-refractivity contribution in [3.63, 3.8) is 0 Å². The maximum absolute atomic E-state index is 5.81. The molecule has 0 aliphatic rings. The molecule has 0 amide bonds. The van der Waals surface area contributed by atoms with Crippen LogP contribution in [0.5, 0.6) is 5.75 Å². The van der Waals surface area contributed by atoms with Crippen LogP contribution in [-0.4, -0.2) is 21.1 Å². The van der Waals surface area contributed by atoms with E-state index in [1.54, 1.807) is 6.20 Å². The van der Waals surface area contributed by atoms with E-state index >= 15 is 0 Å². The minimum absolute atomic E-state index is 0.635. The Bertz CT molecular complexity index is 1270. The largest absolute Gasteiger partial charge is 0.493 e. The van der Waals surface area contributed by atoms with Crippen LogP contribution in [0.25, 0.3) is 39.2 Å². The Morgan fingerprint density at radius 1 is 0.966 bits per heavy atom. The van der Waals surface area contributed by atoms with Gasteiger partial charge in [0.1, 0.15) is 12.1 Å². The number of aromatic nitrogens is 3. The predicted molar refractivity (Wildman–Crippen MR) is 113 cm³/mol. The molecule has 0 bridgehead atoms. The molecule has 0 atom stereocenters. The first-order valence-corrected chi connectivity index (χ1v) is 9.52. The van der Waals surface area contributed by atoms with Gasteiger partial charge in [-0.15, -0.1) is 0 Å². The van der Waals surface area contributed by atoms with Crippen LogP contribution >= 0.6 is 0 Å². The smallest absolute Gasteiger partial charge is 0.181 e. The molecule has 0 spiro atoms. The summed E-state index contributed by atoms with van der Waals surface area (Å²) < 4.78 is 13.3. The van der Waals surface area contributed by atoms with Gasteiger partial charge in [-0.25, -0.2) is 9.97 Å². The van der Waals surface area contributed by atoms with Crippen molar-refractivity contribution in [2.75, 3.05) is 6.61 Å². The zero-order valence-corrected chi connectivity index (χ0v) is 15.9. The lowest BCUT2D eigenvalue weighted by molar-refractivity contribution is 0.341. The Hall–Kier alpha value is -3.86. The number of hydrogen-bond donors (Lipinski definition) is 0. The highest BCUT2D eigenvalue weighted by Gasteiger charge is 2.10. The number of imidazole rings is 1. The molecule has 3 aromatic carbocycles. The van der Waals surface area contributed by atoms with Crippen LogP contribution in [0.2, 0.25) is 0 Å². The van der Waals surface area contributed by atoms with Crippen molar-refractivity contribution in [2.45, 2.75) is 6.92 Å². The Labute approximate surface area is 168 Å². The number of fused-ring (bicyclic) bond motifs is 1. The zero-order valence-electron chi connectivity index (χ0n) is 15.9. The Kier molecular flexibility index (Phi) is 4.33. The van der Waals surface area contributed by atoms with Crippen molar-refractivity contribution >= 4 is 11.0 Å². The summed E-state index contributed by atoms with van der Waals surface area (Å²) >= 11 is 0. The molecule has 5 rings (SSSR count). The van der Waals surface area contributed by atoms with Gasteiger partial charge >= 0.3 is 0 Å². The number of benzene rings is 3. The standard InChI is InChI=1S/C24H19N3O2/c1-2-28-23-9-4-3-8-20(23)17-6-5-7-19(12-17)27-15-26-21-13-18(10-11-22(21)27)24-14-25-16-29-24/h3-16H,2H2,1H3. The molecule has 0 fully saturated rings. The quantitative estimate of drug-likeness (QED) is 0.389. The van der Waals surface area contributed by atoms with E-state index in [1.807, 2.05) is 43.6 Å². The molecule has 29 heavy (non-hydrogen) atoms. The molecule has 0 saturated carbocycles. The summed E-state index contributed by atoms with van der Waals surface area (Å²) in [5.41, 5.74) is 6.12. The first kappa shape index (κ1) is 17.3. The van der Waals surface area contributed by atoms with Crippen molar-refractivity contribution in [3.05, 3.63) is 85.6 Å². The van der Waals surface area contributed by atoms with Crippen molar-refractivity contribution in [2.24, 2.45) is 0 Å². The highest BCUT2D eigenvalue weighted by atomic mass is 16.5. The van der Waals surface area contributed by atoms with Crippen LogP contribution in [0.15, 0.2) is 90.1 Å². The SMILES string of the molecule is CCOc1ccccc1-c1cccc(-n2cnc3cc(-c4cnco4)ccc32)c1. The minimum Gasteiger partial charge on any atom is -0.493 e. The van der Waals surface area contributed by atoms with E-state index in [0.29, 0.717) is 6.61 Å². The second kappa shape index (κ2) is 7.28. The van der Waals surface area contributed by atoms with E-state index in [-0.39, 0.29) is 0 Å². The van der Waals surface area contributed by atoms with Gasteiger partial charge in [-0.1, -0.05) is 30.3 Å². The number of oxazole rings is 1. The molecule has 0 N–H and O–H groups in total. The van der Waals surface area contributed by atoms with Gasteiger partial charge in [0.25, 0.3) is 0 Å². The van der Waals surface area contributed by atoms with Gasteiger partial charge in [-0.05, 0) is 48.9 Å². The molecule has 5 aromatic rings. The van der Waals surface area contributed by atoms with Crippen molar-refractivity contribution in [3.8, 4) is 33.9 Å². The highest BCUT2D eigenvalue weighted by Crippen LogP contribution is 2.32. The van der Waals surface area contributed by atoms with E-state index < -0.39 is 0 Å². The fourth-order valence-electron chi connectivity index (χ4n) is 3.54. The summed E-state index contributed by atoms with van der Waals surface area (Å²) in [5.74, 6) is 1.62. The number of para-hydroxylation sites is 1. The van der Waals surface area contributed by atoms with Gasteiger partial charge in [-0.3, -0.25) is 4.57 Å². The van der Waals surface area contributed by atoms with Crippen LogP contribution in [0.1, 0.15) is 6.92 Å². The topological polar surface area (TPSA) is 53.1 Å². The molecule has 0 unspecified atom stereocenters. The fourth-order valence-corrected chi connectivity index (χ4v) is 3.54. The lowest BCUT2D eigenvalue weighted by atomic mass is 10.0. The fraction of sp³-hybridized carbons (Fsp3) is 0.0833. The van der Waals surface area contributed by atoms with Crippen LogP contribution < -0.4 is 4.74 Å². The third kappa shape index (κ3) is 3.17. The van der Waals surface area contributed by atoms with Crippen LogP contribution in [0, 0.1) is 0 Å². The van der Waals surface area contributed by atoms with Gasteiger partial charge in [0, 0.05) is 16.8 Å². The maximum atomic E-state index is 5.81. The normalized spacial score (nSPS) is 11.1. The molecular formula is C24H19N3O2. The number of ether oxygens (including phenoxy) is 1. The monoisotopic (exact) mass is 381 g/mol. The summed E-state index contributed by atoms with van der Waals surface area (Å²) in [7, 11) is 0. The molecule has 2 heterocycles. The molecule has 0 radical (unpaired) electrons. The average molecular weight is 381 g/mol. The molecule has 2 aromatic heterocycles. The first-order valence-electron chi connectivity index (χ1n) is 9.52. The summed E-state index contributed by atoms with van der Waals surface area (Å²) in [4.78, 5) is 8.58. The average Bonchev–Trinajstić information content (AvgIpc) is 3.44. The number of hydrogen-bond acceptors (Lipinski definition) is 4. The summed E-state index contributed by atoms with van der Waals surface area (Å²) in [6.07, 6.45) is 4.99. The molecule has 5 nitrogen and oxygen atoms in total. The van der Waals surface area contributed by atoms with Gasteiger partial charge in [-0.2, -0.15) is 0 Å². The van der Waals surface area contributed by atoms with Crippen molar-refractivity contribution in [1.29, 1.82) is 0 Å². The summed E-state index contributed by atoms with van der Waals surface area (Å²) in [5, 5.41) is 0. The maximum Gasteiger partial charge on any atom is 0.181 e. The lowest BCUT2D eigenvalue weighted by Gasteiger charge is -2.12. The number of rotatable bonds is 5. The Morgan fingerprint density at radius 2 is 1.90 bits per heavy atom. The molecule has 0 aliphatic carbocycles. The van der Waals surface area contributed by atoms with E-state index in [1.165, 1.54) is 6.39 Å². The van der Waals surface area contributed by atoms with Crippen LogP contribution in [-0.2, 0) is 0 Å². The number of nitrogens with zero attached hydrogens (tertiary/aromatic N) is 3. The third-order valence-electron chi connectivity index (χ3n) is 4.89. The lowest BCUT2D eigenvalue weighted by Crippen LogP contribution is -1.95. The van der Waals surface area contributed by atoms with E-state index in [2.05, 4.69) is 50.9 Å². The predicted octanol–water partition coefficient (Wildman–Crippen LogP) is 5.75. The van der Waals surface area contributed by atoms with E-state index in [0.717, 1.165) is 44.9 Å². The van der Waals surface area contributed by atoms with E-state index in [4.69, 9.17) is 9.15 Å². The van der Waals surface area contributed by atoms with Gasteiger partial charge in [0.15, 0.2) is 12.2 Å². The molecular weight excluding hydrogens is 362 g/mol. The minimum atomic E-state index is 0.635. The first-order chi connectivity index (χ1) is 14.3. The van der Waals surface area contributed by atoms with Gasteiger partial charge < -0.3 is 9.15 Å². The Morgan fingerprint density at radius 3 is 2.76 bits per heavy atom. The van der Waals surface area contributed by atoms with Crippen molar-refractivity contribution < 1.29 is 9.15 Å². The molecule has 0 saturated heterocycles. The molecule has 142 valence electrons. The van der Waals surface area contributed by atoms with Gasteiger partial charge in [0.05, 0.1) is 23.8 Å². The molecule has 0 aliphatic heterocycles. The highest BCUT2D eigenvalue weighted by molar-refractivity contribution is 5.83. The molecule has 5 heteroatoms. The third-order valence-corrected chi connectivity index (χ3v) is 4.89.